The number of benzene rings is 1. The number of carbonyl (C=O) groups is 1. The molecule has 4 rings (SSSR count). The van der Waals surface area contributed by atoms with Crippen molar-refractivity contribution in [2.75, 3.05) is 26.2 Å². The Bertz CT molecular complexity index is 614. The van der Waals surface area contributed by atoms with Gasteiger partial charge in [-0.25, -0.2) is 0 Å². The normalized spacial score (nSPS) is 24.3. The molecule has 1 spiro atoms. The Balaban J connectivity index is 0.00000182. The number of amides is 1. The Labute approximate surface area is 165 Å². The van der Waals surface area contributed by atoms with E-state index < -0.39 is 0 Å². The standard InChI is InChI=1S/C20H27BrN2O.ClH/c21-17-5-3-4-16(14-17)20(6-1-2-7-20)18(24)23-12-9-19(10-13-23)8-11-22-15-19;/h3-5,14,22H,1-2,6-13,15H2;1H. The molecule has 3 fully saturated rings. The molecule has 1 N–H and O–H groups in total. The molecule has 5 heteroatoms. The third-order valence-electron chi connectivity index (χ3n) is 6.69. The lowest BCUT2D eigenvalue weighted by molar-refractivity contribution is -0.139. The van der Waals surface area contributed by atoms with Crippen molar-refractivity contribution in [2.24, 2.45) is 5.41 Å². The van der Waals surface area contributed by atoms with Crippen molar-refractivity contribution in [1.82, 2.24) is 10.2 Å². The smallest absolute Gasteiger partial charge is 0.233 e. The van der Waals surface area contributed by atoms with Crippen LogP contribution in [0.5, 0.6) is 0 Å². The van der Waals surface area contributed by atoms with Crippen LogP contribution in [0, 0.1) is 5.41 Å². The second-order valence-corrected chi connectivity index (χ2v) is 8.93. The molecule has 1 aromatic carbocycles. The summed E-state index contributed by atoms with van der Waals surface area (Å²) in [7, 11) is 0. The fourth-order valence-corrected chi connectivity index (χ4v) is 5.50. The quantitative estimate of drug-likeness (QED) is 0.764. The second-order valence-electron chi connectivity index (χ2n) is 8.02. The third kappa shape index (κ3) is 3.50. The number of hydrogen-bond donors (Lipinski definition) is 1. The first-order valence-electron chi connectivity index (χ1n) is 9.40. The molecule has 3 aliphatic rings. The molecule has 1 aliphatic carbocycles. The highest BCUT2D eigenvalue weighted by molar-refractivity contribution is 9.10. The van der Waals surface area contributed by atoms with E-state index in [9.17, 15) is 4.79 Å². The van der Waals surface area contributed by atoms with Crippen LogP contribution in [-0.2, 0) is 10.2 Å². The van der Waals surface area contributed by atoms with Crippen LogP contribution in [0.15, 0.2) is 28.7 Å². The summed E-state index contributed by atoms with van der Waals surface area (Å²) in [6.07, 6.45) is 7.96. The molecular weight excluding hydrogens is 400 g/mol. The van der Waals surface area contributed by atoms with E-state index in [0.717, 1.165) is 43.5 Å². The van der Waals surface area contributed by atoms with Crippen molar-refractivity contribution in [3.05, 3.63) is 34.3 Å². The Morgan fingerprint density at radius 1 is 1.08 bits per heavy atom. The van der Waals surface area contributed by atoms with Gasteiger partial charge in [-0.15, -0.1) is 12.4 Å². The Kier molecular flexibility index (Phi) is 5.81. The molecule has 1 saturated carbocycles. The largest absolute Gasteiger partial charge is 0.342 e. The van der Waals surface area contributed by atoms with Crippen LogP contribution in [-0.4, -0.2) is 37.0 Å². The van der Waals surface area contributed by atoms with Gasteiger partial charge >= 0.3 is 0 Å². The monoisotopic (exact) mass is 426 g/mol. The average molecular weight is 428 g/mol. The number of halogens is 2. The summed E-state index contributed by atoms with van der Waals surface area (Å²) in [4.78, 5) is 15.7. The first kappa shape index (κ1) is 19.2. The van der Waals surface area contributed by atoms with Gasteiger partial charge in [-0.2, -0.15) is 0 Å². The van der Waals surface area contributed by atoms with Crippen LogP contribution in [0.25, 0.3) is 0 Å². The van der Waals surface area contributed by atoms with Gasteiger partial charge in [0.1, 0.15) is 0 Å². The van der Waals surface area contributed by atoms with Gasteiger partial charge in [0.05, 0.1) is 5.41 Å². The summed E-state index contributed by atoms with van der Waals surface area (Å²) in [6, 6.07) is 8.44. The molecule has 1 amide bonds. The second kappa shape index (κ2) is 7.58. The Morgan fingerprint density at radius 2 is 1.80 bits per heavy atom. The summed E-state index contributed by atoms with van der Waals surface area (Å²) in [5.41, 5.74) is 1.40. The number of carbonyl (C=O) groups excluding carboxylic acids is 1. The van der Waals surface area contributed by atoms with Crippen LogP contribution >= 0.6 is 28.3 Å². The van der Waals surface area contributed by atoms with Gasteiger partial charge in [0.2, 0.25) is 5.91 Å². The van der Waals surface area contributed by atoms with Crippen LogP contribution in [0.2, 0.25) is 0 Å². The molecule has 0 bridgehead atoms. The topological polar surface area (TPSA) is 32.3 Å². The van der Waals surface area contributed by atoms with Crippen molar-refractivity contribution in [2.45, 2.75) is 50.4 Å². The molecule has 138 valence electrons. The average Bonchev–Trinajstić information content (AvgIpc) is 3.26. The van der Waals surface area contributed by atoms with Gasteiger partial charge in [0, 0.05) is 24.1 Å². The highest BCUT2D eigenvalue weighted by Gasteiger charge is 2.47. The van der Waals surface area contributed by atoms with E-state index in [1.165, 1.54) is 37.7 Å². The minimum atomic E-state index is -0.276. The first-order chi connectivity index (χ1) is 11.6. The van der Waals surface area contributed by atoms with Crippen LogP contribution < -0.4 is 5.32 Å². The predicted octanol–water partition coefficient (Wildman–Crippen LogP) is 4.28. The van der Waals surface area contributed by atoms with Gasteiger partial charge in [-0.3, -0.25) is 4.79 Å². The molecule has 0 aromatic heterocycles. The molecule has 0 atom stereocenters. The lowest BCUT2D eigenvalue weighted by Gasteiger charge is -2.42. The first-order valence-corrected chi connectivity index (χ1v) is 10.2. The van der Waals surface area contributed by atoms with Gasteiger partial charge < -0.3 is 10.2 Å². The maximum absolute atomic E-state index is 13.5. The molecule has 3 nitrogen and oxygen atoms in total. The molecule has 1 aromatic rings. The zero-order valence-electron chi connectivity index (χ0n) is 14.7. The van der Waals surface area contributed by atoms with Crippen molar-refractivity contribution in [3.8, 4) is 0 Å². The summed E-state index contributed by atoms with van der Waals surface area (Å²) in [5, 5.41) is 3.51. The van der Waals surface area contributed by atoms with E-state index >= 15 is 0 Å². The number of hydrogen-bond acceptors (Lipinski definition) is 2. The van der Waals surface area contributed by atoms with Crippen molar-refractivity contribution < 1.29 is 4.79 Å². The van der Waals surface area contributed by atoms with Gasteiger partial charge in [-0.1, -0.05) is 40.9 Å². The molecular formula is C20H28BrClN2O. The number of nitrogens with one attached hydrogen (secondary N) is 1. The zero-order valence-corrected chi connectivity index (χ0v) is 17.1. The van der Waals surface area contributed by atoms with Crippen LogP contribution in [0.4, 0.5) is 0 Å². The van der Waals surface area contributed by atoms with Gasteiger partial charge in [0.15, 0.2) is 0 Å². The lowest BCUT2D eigenvalue weighted by Crippen LogP contribution is -2.51. The number of rotatable bonds is 2. The minimum Gasteiger partial charge on any atom is -0.342 e. The summed E-state index contributed by atoms with van der Waals surface area (Å²) >= 11 is 3.59. The zero-order chi connectivity index (χ0) is 16.6. The Hall–Kier alpha value is -0.580. The van der Waals surface area contributed by atoms with Gasteiger partial charge in [0.25, 0.3) is 0 Å². The van der Waals surface area contributed by atoms with E-state index in [-0.39, 0.29) is 17.8 Å². The molecule has 2 aliphatic heterocycles. The summed E-state index contributed by atoms with van der Waals surface area (Å²) < 4.78 is 1.08. The van der Waals surface area contributed by atoms with Crippen LogP contribution in [0.3, 0.4) is 0 Å². The summed E-state index contributed by atoms with van der Waals surface area (Å²) in [5.74, 6) is 0.388. The third-order valence-corrected chi connectivity index (χ3v) is 7.18. The van der Waals surface area contributed by atoms with Crippen molar-refractivity contribution in [1.29, 1.82) is 0 Å². The van der Waals surface area contributed by atoms with E-state index in [2.05, 4.69) is 44.3 Å². The number of likely N-dealkylation sites (tertiary alicyclic amines) is 1. The fraction of sp³-hybridized carbons (Fsp3) is 0.650. The maximum Gasteiger partial charge on any atom is 0.233 e. The molecule has 2 heterocycles. The number of piperidine rings is 1. The van der Waals surface area contributed by atoms with E-state index in [0.29, 0.717) is 11.3 Å². The molecule has 2 saturated heterocycles. The highest BCUT2D eigenvalue weighted by atomic mass is 79.9. The van der Waals surface area contributed by atoms with Crippen LogP contribution in [0.1, 0.15) is 50.5 Å². The SMILES string of the molecule is Cl.O=C(N1CCC2(CCNC2)CC1)C1(c2cccc(Br)c2)CCCC1. The fourth-order valence-electron chi connectivity index (χ4n) is 5.10. The molecule has 0 unspecified atom stereocenters. The minimum absolute atomic E-state index is 0. The highest BCUT2D eigenvalue weighted by Crippen LogP contribution is 2.45. The van der Waals surface area contributed by atoms with E-state index in [1.54, 1.807) is 0 Å². The summed E-state index contributed by atoms with van der Waals surface area (Å²) in [6.45, 7) is 4.17. The maximum atomic E-state index is 13.5. The van der Waals surface area contributed by atoms with E-state index in [4.69, 9.17) is 0 Å². The molecule has 25 heavy (non-hydrogen) atoms. The van der Waals surface area contributed by atoms with Crippen molar-refractivity contribution >= 4 is 34.2 Å². The number of nitrogens with zero attached hydrogens (tertiary/aromatic N) is 1. The lowest BCUT2D eigenvalue weighted by atomic mass is 9.74. The Morgan fingerprint density at radius 3 is 2.40 bits per heavy atom. The van der Waals surface area contributed by atoms with Crippen molar-refractivity contribution in [3.63, 3.8) is 0 Å². The molecule has 0 radical (unpaired) electrons. The van der Waals surface area contributed by atoms with Gasteiger partial charge in [-0.05, 0) is 61.8 Å². The van der Waals surface area contributed by atoms with E-state index in [1.807, 2.05) is 6.07 Å². The predicted molar refractivity (Wildman–Crippen MR) is 107 cm³/mol.